The molecule has 140 valence electrons. The van der Waals surface area contributed by atoms with E-state index in [1.54, 1.807) is 12.1 Å². The second-order valence-corrected chi connectivity index (χ2v) is 7.69. The molecule has 2 aliphatic carbocycles. The van der Waals surface area contributed by atoms with Gasteiger partial charge in [0.2, 0.25) is 23.7 Å². The van der Waals surface area contributed by atoms with Gasteiger partial charge in [0.05, 0.1) is 12.6 Å². The van der Waals surface area contributed by atoms with Crippen LogP contribution in [0.5, 0.6) is 0 Å². The number of carbonyl (C=O) groups excluding carboxylic acids is 2. The van der Waals surface area contributed by atoms with Gasteiger partial charge in [0.15, 0.2) is 0 Å². The average molecular weight is 371 g/mol. The van der Waals surface area contributed by atoms with Crippen molar-refractivity contribution in [1.29, 1.82) is 0 Å². The molecule has 1 heterocycles. The number of Topliss-reactive ketones (excluding diaryl/α,β-unsaturated/α-hetero) is 2. The van der Waals surface area contributed by atoms with Crippen molar-refractivity contribution >= 4 is 23.5 Å². The van der Waals surface area contributed by atoms with E-state index >= 15 is 0 Å². The van der Waals surface area contributed by atoms with E-state index in [1.807, 2.05) is 30.3 Å². The van der Waals surface area contributed by atoms with E-state index < -0.39 is 12.1 Å². The van der Waals surface area contributed by atoms with Crippen LogP contribution < -0.4 is 0 Å². The Morgan fingerprint density at radius 2 is 1.57 bits per heavy atom. The Hall–Kier alpha value is -3.01. The van der Waals surface area contributed by atoms with Gasteiger partial charge >= 0.3 is 0 Å². The van der Waals surface area contributed by atoms with E-state index in [4.69, 9.17) is 0 Å². The van der Waals surface area contributed by atoms with Crippen molar-refractivity contribution in [3.05, 3.63) is 77.4 Å². The highest BCUT2D eigenvalue weighted by molar-refractivity contribution is 6.20. The summed E-state index contributed by atoms with van der Waals surface area (Å²) in [5, 5.41) is 0. The van der Waals surface area contributed by atoms with Crippen molar-refractivity contribution in [2.45, 2.75) is 37.9 Å². The van der Waals surface area contributed by atoms with E-state index in [0.29, 0.717) is 23.7 Å². The van der Waals surface area contributed by atoms with E-state index in [0.717, 1.165) is 24.2 Å². The van der Waals surface area contributed by atoms with Gasteiger partial charge in [-0.1, -0.05) is 54.6 Å². The molecular weight excluding hydrogens is 348 g/mol. The van der Waals surface area contributed by atoms with Gasteiger partial charge in [-0.3, -0.25) is 9.59 Å². The molecule has 4 nitrogen and oxygen atoms in total. The number of rotatable bonds is 4. The van der Waals surface area contributed by atoms with Crippen molar-refractivity contribution in [2.24, 2.45) is 0 Å². The normalized spacial score (nSPS) is 24.1. The lowest BCUT2D eigenvalue weighted by atomic mass is 9.82. The third-order valence-corrected chi connectivity index (χ3v) is 5.99. The highest BCUT2D eigenvalue weighted by atomic mass is 16.1. The molecule has 0 saturated heterocycles. The van der Waals surface area contributed by atoms with Crippen LogP contribution in [0, 0.1) is 0 Å². The highest BCUT2D eigenvalue weighted by Gasteiger charge is 2.60. The molecule has 2 aromatic rings. The highest BCUT2D eigenvalue weighted by Crippen LogP contribution is 2.38. The lowest BCUT2D eigenvalue weighted by Gasteiger charge is -2.27. The Kier molecular flexibility index (Phi) is 4.00. The van der Waals surface area contributed by atoms with Crippen molar-refractivity contribution in [1.82, 2.24) is 4.90 Å². The summed E-state index contributed by atoms with van der Waals surface area (Å²) in [5.41, 5.74) is 2.25. The molecule has 2 aromatic carbocycles. The molecular formula is C24H23N2O2+. The van der Waals surface area contributed by atoms with Crippen molar-refractivity contribution < 1.29 is 14.2 Å². The number of hydrogen-bond donors (Lipinski definition) is 0. The summed E-state index contributed by atoms with van der Waals surface area (Å²) in [4.78, 5) is 29.0. The van der Waals surface area contributed by atoms with Crippen LogP contribution in [0.4, 0.5) is 0 Å². The minimum Gasteiger partial charge on any atom is -0.289 e. The monoisotopic (exact) mass is 371 g/mol. The molecule has 0 amide bonds. The molecule has 2 unspecified atom stereocenters. The Morgan fingerprint density at radius 1 is 0.929 bits per heavy atom. The lowest BCUT2D eigenvalue weighted by Crippen LogP contribution is -2.53. The number of nitrogens with zero attached hydrogens (tertiary/aromatic N) is 2. The molecule has 0 aromatic heterocycles. The molecule has 2 atom stereocenters. The van der Waals surface area contributed by atoms with Crippen LogP contribution in [0.1, 0.15) is 46.0 Å². The third kappa shape index (κ3) is 2.55. The van der Waals surface area contributed by atoms with Gasteiger partial charge < -0.3 is 0 Å². The maximum absolute atomic E-state index is 13.4. The summed E-state index contributed by atoms with van der Waals surface area (Å²) in [6, 6.07) is 16.9. The summed E-state index contributed by atoms with van der Waals surface area (Å²) in [6.07, 6.45) is 6.31. The van der Waals surface area contributed by atoms with Crippen LogP contribution in [-0.4, -0.2) is 51.5 Å². The van der Waals surface area contributed by atoms with E-state index in [2.05, 4.69) is 40.7 Å². The van der Waals surface area contributed by atoms with Gasteiger partial charge in [0, 0.05) is 17.2 Å². The summed E-state index contributed by atoms with van der Waals surface area (Å²) in [5.74, 6) is 1.14. The fourth-order valence-electron chi connectivity index (χ4n) is 4.58. The maximum atomic E-state index is 13.4. The fraction of sp³-hybridized carbons (Fsp3) is 0.292. The first-order chi connectivity index (χ1) is 13.7. The van der Waals surface area contributed by atoms with E-state index in [-0.39, 0.29) is 11.6 Å². The minimum atomic E-state index is -0.427. The predicted molar refractivity (Wildman–Crippen MR) is 109 cm³/mol. The van der Waals surface area contributed by atoms with Crippen LogP contribution in [0.3, 0.4) is 0 Å². The van der Waals surface area contributed by atoms with Crippen LogP contribution in [-0.2, 0) is 0 Å². The van der Waals surface area contributed by atoms with Crippen molar-refractivity contribution in [3.63, 3.8) is 0 Å². The van der Waals surface area contributed by atoms with Gasteiger partial charge in [-0.2, -0.15) is 0 Å². The largest absolute Gasteiger partial charge is 0.289 e. The second kappa shape index (κ2) is 6.55. The Morgan fingerprint density at radius 3 is 2.21 bits per heavy atom. The topological polar surface area (TPSA) is 40.4 Å². The number of likely N-dealkylation sites (N-methyl/N-ethyl adjacent to an activating group) is 1. The number of fused-ring (bicyclic) bond motifs is 2. The van der Waals surface area contributed by atoms with Crippen molar-refractivity contribution in [2.75, 3.05) is 6.54 Å². The first-order valence-corrected chi connectivity index (χ1v) is 10.0. The minimum absolute atomic E-state index is 0.0656. The second-order valence-electron chi connectivity index (χ2n) is 7.69. The zero-order valence-corrected chi connectivity index (χ0v) is 15.9. The SMILES string of the molecule is CC[N+]1=C(/C=C/c2ccccc2)N(C2CC2)C2C(=O)c3ccccc3C(=O)C21. The maximum Gasteiger partial charge on any atom is 0.273 e. The fourth-order valence-corrected chi connectivity index (χ4v) is 4.58. The molecule has 28 heavy (non-hydrogen) atoms. The Balaban J connectivity index is 1.63. The number of amidine groups is 1. The Bertz CT molecular complexity index is 1020. The van der Waals surface area contributed by atoms with Gasteiger partial charge in [0.25, 0.3) is 5.84 Å². The van der Waals surface area contributed by atoms with E-state index in [9.17, 15) is 9.59 Å². The molecule has 1 aliphatic heterocycles. The van der Waals surface area contributed by atoms with Crippen LogP contribution in [0.25, 0.3) is 6.08 Å². The van der Waals surface area contributed by atoms with Crippen molar-refractivity contribution in [3.8, 4) is 0 Å². The first-order valence-electron chi connectivity index (χ1n) is 10.0. The van der Waals surface area contributed by atoms with Gasteiger partial charge in [0.1, 0.15) is 0 Å². The predicted octanol–water partition coefficient (Wildman–Crippen LogP) is 3.43. The molecule has 0 N–H and O–H groups in total. The molecule has 5 rings (SSSR count). The zero-order valence-electron chi connectivity index (χ0n) is 15.9. The molecule has 3 aliphatic rings. The number of carbonyl (C=O) groups is 2. The molecule has 0 bridgehead atoms. The molecule has 0 spiro atoms. The van der Waals surface area contributed by atoms with Crippen LogP contribution in [0.2, 0.25) is 0 Å². The summed E-state index contributed by atoms with van der Waals surface area (Å²) >= 11 is 0. The van der Waals surface area contributed by atoms with Crippen LogP contribution in [0.15, 0.2) is 60.7 Å². The third-order valence-electron chi connectivity index (χ3n) is 5.99. The van der Waals surface area contributed by atoms with E-state index in [1.165, 1.54) is 0 Å². The van der Waals surface area contributed by atoms with Gasteiger partial charge in [-0.15, -0.1) is 0 Å². The molecule has 4 heteroatoms. The zero-order chi connectivity index (χ0) is 19.3. The molecule has 1 fully saturated rings. The number of ketones is 2. The summed E-state index contributed by atoms with van der Waals surface area (Å²) in [6.45, 7) is 2.75. The summed E-state index contributed by atoms with van der Waals surface area (Å²) in [7, 11) is 0. The molecule has 0 radical (unpaired) electrons. The quantitative estimate of drug-likeness (QED) is 0.773. The van der Waals surface area contributed by atoms with Crippen LogP contribution >= 0.6 is 0 Å². The summed E-state index contributed by atoms with van der Waals surface area (Å²) < 4.78 is 2.12. The van der Waals surface area contributed by atoms with Gasteiger partial charge in [-0.25, -0.2) is 9.48 Å². The van der Waals surface area contributed by atoms with Gasteiger partial charge in [-0.05, 0) is 31.4 Å². The standard InChI is InChI=1S/C24H23N2O2/c1-2-25-20(15-12-16-8-4-3-5-9-16)26(17-13-14-17)22-21(25)23(27)18-10-6-7-11-19(18)24(22)28/h3-12,15,17,21-22H,2,13-14H2,1H3/q+1/b15-12+. The Labute approximate surface area is 164 Å². The lowest BCUT2D eigenvalue weighted by molar-refractivity contribution is -0.538. The molecule has 1 saturated carbocycles. The first kappa shape index (κ1) is 17.1. The smallest absolute Gasteiger partial charge is 0.273 e. The average Bonchev–Trinajstić information content (AvgIpc) is 3.52. The number of benzene rings is 2. The number of hydrogen-bond acceptors (Lipinski definition) is 3.